The molecule has 0 spiro atoms. The van der Waals surface area contributed by atoms with Crippen LogP contribution in [0.2, 0.25) is 5.02 Å². The second kappa shape index (κ2) is 6.80. The van der Waals surface area contributed by atoms with Gasteiger partial charge < -0.3 is 9.64 Å². The molecule has 2 atom stereocenters. The van der Waals surface area contributed by atoms with E-state index in [1.807, 2.05) is 23.9 Å². The summed E-state index contributed by atoms with van der Waals surface area (Å²) < 4.78 is 5.75. The summed E-state index contributed by atoms with van der Waals surface area (Å²) in [5.41, 5.74) is 0. The minimum Gasteiger partial charge on any atom is -0.364 e. The third kappa shape index (κ3) is 4.47. The van der Waals surface area contributed by atoms with Gasteiger partial charge >= 0.3 is 0 Å². The van der Waals surface area contributed by atoms with Crippen molar-refractivity contribution < 1.29 is 9.64 Å². The van der Waals surface area contributed by atoms with Crippen LogP contribution in [0.4, 0.5) is 0 Å². The van der Waals surface area contributed by atoms with Gasteiger partial charge in [0.15, 0.2) is 0 Å². The molecule has 0 aliphatic carbocycles. The predicted molar refractivity (Wildman–Crippen MR) is 77.7 cm³/mol. The zero-order valence-corrected chi connectivity index (χ0v) is 12.6. The van der Waals surface area contributed by atoms with E-state index in [9.17, 15) is 0 Å². The second-order valence-corrected chi connectivity index (χ2v) is 6.57. The first kappa shape index (κ1) is 14.2. The van der Waals surface area contributed by atoms with Crippen molar-refractivity contribution in [1.82, 2.24) is 0 Å². The summed E-state index contributed by atoms with van der Waals surface area (Å²) in [7, 11) is 0. The van der Waals surface area contributed by atoms with Crippen LogP contribution in [0.1, 0.15) is 13.8 Å². The Labute approximate surface area is 119 Å². The van der Waals surface area contributed by atoms with Gasteiger partial charge in [0, 0.05) is 15.7 Å². The van der Waals surface area contributed by atoms with E-state index in [-0.39, 0.29) is 0 Å². The molecule has 0 aromatic heterocycles. The fraction of sp³-hybridized carbons (Fsp3) is 0.571. The first-order chi connectivity index (χ1) is 8.63. The van der Waals surface area contributed by atoms with E-state index in [1.165, 1.54) is 11.4 Å². The molecule has 0 radical (unpaired) electrons. The van der Waals surface area contributed by atoms with Crippen LogP contribution < -0.4 is 4.90 Å². The Morgan fingerprint density at radius 3 is 2.44 bits per heavy atom. The van der Waals surface area contributed by atoms with Crippen LogP contribution in [0.25, 0.3) is 0 Å². The molecule has 1 aromatic rings. The Balaban J connectivity index is 1.73. The number of ether oxygens (including phenoxy) is 1. The lowest BCUT2D eigenvalue weighted by atomic mass is 10.2. The molecule has 1 fully saturated rings. The Hall–Kier alpha value is -0.220. The van der Waals surface area contributed by atoms with Crippen LogP contribution in [-0.2, 0) is 4.74 Å². The maximum atomic E-state index is 5.87. The fourth-order valence-corrected chi connectivity index (χ4v) is 3.52. The fourth-order valence-electron chi connectivity index (χ4n) is 2.44. The van der Waals surface area contributed by atoms with Gasteiger partial charge in [-0.3, -0.25) is 0 Å². The number of hydrogen-bond donors (Lipinski definition) is 1. The van der Waals surface area contributed by atoms with Crippen molar-refractivity contribution in [2.75, 3.05) is 25.4 Å². The zero-order chi connectivity index (χ0) is 13.0. The normalized spacial score (nSPS) is 28.3. The molecular weight excluding hydrogens is 266 g/mol. The predicted octanol–water partition coefficient (Wildman–Crippen LogP) is 2.12. The van der Waals surface area contributed by atoms with E-state index < -0.39 is 0 Å². The lowest BCUT2D eigenvalue weighted by Gasteiger charge is -2.32. The van der Waals surface area contributed by atoms with Crippen LogP contribution in [0.15, 0.2) is 29.2 Å². The van der Waals surface area contributed by atoms with Crippen LogP contribution in [0.3, 0.4) is 0 Å². The Morgan fingerprint density at radius 1 is 1.22 bits per heavy atom. The molecule has 2 nitrogen and oxygen atoms in total. The standard InChI is InChI=1S/C14H20ClNOS/c1-11-9-16(10-12(2)17-11)7-8-18-14-5-3-13(15)4-6-14/h3-6,11-12H,7-10H2,1-2H3/p+1/t11-,12-/m1/s1. The minimum absolute atomic E-state index is 0.393. The number of nitrogens with one attached hydrogen (secondary N) is 1. The van der Waals surface area contributed by atoms with E-state index >= 15 is 0 Å². The number of morpholine rings is 1. The smallest absolute Gasteiger partial charge is 0.104 e. The summed E-state index contributed by atoms with van der Waals surface area (Å²) in [6.45, 7) is 7.80. The number of thioether (sulfide) groups is 1. The molecule has 18 heavy (non-hydrogen) atoms. The first-order valence-electron chi connectivity index (χ1n) is 6.51. The second-order valence-electron chi connectivity index (χ2n) is 4.97. The monoisotopic (exact) mass is 286 g/mol. The molecule has 1 aliphatic rings. The van der Waals surface area contributed by atoms with Crippen molar-refractivity contribution in [1.29, 1.82) is 0 Å². The highest BCUT2D eigenvalue weighted by molar-refractivity contribution is 7.99. The minimum atomic E-state index is 0.393. The van der Waals surface area contributed by atoms with E-state index in [0.29, 0.717) is 12.2 Å². The summed E-state index contributed by atoms with van der Waals surface area (Å²) in [5.74, 6) is 1.15. The van der Waals surface area contributed by atoms with Gasteiger partial charge in [0.25, 0.3) is 0 Å². The van der Waals surface area contributed by atoms with Gasteiger partial charge in [-0.05, 0) is 38.1 Å². The highest BCUT2D eigenvalue weighted by Gasteiger charge is 2.24. The maximum Gasteiger partial charge on any atom is 0.104 e. The number of rotatable bonds is 4. The summed E-state index contributed by atoms with van der Waals surface area (Å²) in [5, 5.41) is 0.806. The topological polar surface area (TPSA) is 13.7 Å². The van der Waals surface area contributed by atoms with Crippen molar-refractivity contribution in [3.63, 3.8) is 0 Å². The molecule has 1 aliphatic heterocycles. The Bertz CT molecular complexity index is 361. The van der Waals surface area contributed by atoms with E-state index in [0.717, 1.165) is 23.9 Å². The highest BCUT2D eigenvalue weighted by Crippen LogP contribution is 2.19. The molecule has 1 N–H and O–H groups in total. The quantitative estimate of drug-likeness (QED) is 0.852. The SMILES string of the molecule is C[C@@H]1C[NH+](CCSc2ccc(Cl)cc2)C[C@@H](C)O1. The number of halogens is 1. The van der Waals surface area contributed by atoms with Gasteiger partial charge in [0.2, 0.25) is 0 Å². The van der Waals surface area contributed by atoms with Gasteiger partial charge in [-0.15, -0.1) is 11.8 Å². The van der Waals surface area contributed by atoms with Gasteiger partial charge in [-0.2, -0.15) is 0 Å². The van der Waals surface area contributed by atoms with Crippen molar-refractivity contribution in [2.24, 2.45) is 0 Å². The van der Waals surface area contributed by atoms with Crippen molar-refractivity contribution in [3.8, 4) is 0 Å². The molecule has 0 saturated carbocycles. The third-order valence-corrected chi connectivity index (χ3v) is 4.42. The summed E-state index contributed by atoms with van der Waals surface area (Å²) in [4.78, 5) is 2.95. The lowest BCUT2D eigenvalue weighted by Crippen LogP contribution is -3.15. The Kier molecular flexibility index (Phi) is 5.37. The maximum absolute atomic E-state index is 5.87. The summed E-state index contributed by atoms with van der Waals surface area (Å²) in [6, 6.07) is 8.09. The van der Waals surface area contributed by atoms with Crippen molar-refractivity contribution >= 4 is 23.4 Å². The van der Waals surface area contributed by atoms with Crippen molar-refractivity contribution in [2.45, 2.75) is 31.0 Å². The van der Waals surface area contributed by atoms with E-state index in [1.54, 1.807) is 4.90 Å². The van der Waals surface area contributed by atoms with Crippen LogP contribution >= 0.6 is 23.4 Å². The number of benzene rings is 1. The molecule has 0 unspecified atom stereocenters. The average molecular weight is 287 g/mol. The highest BCUT2D eigenvalue weighted by atomic mass is 35.5. The van der Waals surface area contributed by atoms with E-state index in [4.69, 9.17) is 16.3 Å². The molecule has 1 heterocycles. The largest absolute Gasteiger partial charge is 0.364 e. The third-order valence-electron chi connectivity index (χ3n) is 3.15. The molecule has 0 bridgehead atoms. The van der Waals surface area contributed by atoms with Crippen LogP contribution in [0, 0.1) is 0 Å². The molecule has 1 aromatic carbocycles. The molecule has 1 saturated heterocycles. The lowest BCUT2D eigenvalue weighted by molar-refractivity contribution is -0.912. The summed E-state index contributed by atoms with van der Waals surface area (Å²) in [6.07, 6.45) is 0.786. The van der Waals surface area contributed by atoms with E-state index in [2.05, 4.69) is 26.0 Å². The van der Waals surface area contributed by atoms with Gasteiger partial charge in [0.1, 0.15) is 25.3 Å². The first-order valence-corrected chi connectivity index (χ1v) is 7.87. The van der Waals surface area contributed by atoms with Crippen molar-refractivity contribution in [3.05, 3.63) is 29.3 Å². The molecule has 4 heteroatoms. The van der Waals surface area contributed by atoms with Crippen LogP contribution in [0.5, 0.6) is 0 Å². The van der Waals surface area contributed by atoms with Crippen LogP contribution in [-0.4, -0.2) is 37.6 Å². The molecule has 100 valence electrons. The zero-order valence-electron chi connectivity index (χ0n) is 11.0. The number of hydrogen-bond acceptors (Lipinski definition) is 2. The van der Waals surface area contributed by atoms with Gasteiger partial charge in [-0.1, -0.05) is 11.6 Å². The molecule has 2 rings (SSSR count). The molecular formula is C14H21ClNOS+. The van der Waals surface area contributed by atoms with Gasteiger partial charge in [-0.25, -0.2) is 0 Å². The average Bonchev–Trinajstić information content (AvgIpc) is 2.30. The number of quaternary nitrogens is 1. The Morgan fingerprint density at radius 2 is 1.83 bits per heavy atom. The summed E-state index contributed by atoms with van der Waals surface area (Å²) >= 11 is 7.78. The van der Waals surface area contributed by atoms with Gasteiger partial charge in [0.05, 0.1) is 6.54 Å². The molecule has 0 amide bonds.